The molecule has 0 radical (unpaired) electrons. The predicted molar refractivity (Wildman–Crippen MR) is 122 cm³/mol. The van der Waals surface area contributed by atoms with Gasteiger partial charge in [-0.1, -0.05) is 6.07 Å². The van der Waals surface area contributed by atoms with Crippen molar-refractivity contribution in [2.45, 2.75) is 0 Å². The lowest BCUT2D eigenvalue weighted by Gasteiger charge is -2.33. The number of fused-ring (bicyclic) bond motifs is 2. The molecule has 2 N–H and O–H groups in total. The summed E-state index contributed by atoms with van der Waals surface area (Å²) in [6.07, 6.45) is 5.21. The summed E-state index contributed by atoms with van der Waals surface area (Å²) in [7, 11) is 2.13. The van der Waals surface area contributed by atoms with Gasteiger partial charge < -0.3 is 14.8 Å². The van der Waals surface area contributed by atoms with Crippen molar-refractivity contribution < 1.29 is 4.39 Å². The number of aromatic nitrogens is 6. The average molecular weight is 428 g/mol. The number of nitrogens with one attached hydrogen (secondary N) is 2. The standard InChI is InChI=1S/C23H21FN8/c1-31-7-9-32(10-8-31)23-21-18(4-6-26-23)27-22(28-21)20-16-11-15(14-3-2-5-25-13-14)12-17(24)19(16)29-30-20/h2-6,11-13H,7-10H2,1H3,(H,27,28)(H,29,30). The van der Waals surface area contributed by atoms with Gasteiger partial charge in [-0.3, -0.25) is 10.1 Å². The maximum Gasteiger partial charge on any atom is 0.157 e. The molecule has 1 saturated heterocycles. The number of rotatable bonds is 3. The lowest BCUT2D eigenvalue weighted by Crippen LogP contribution is -2.44. The van der Waals surface area contributed by atoms with Gasteiger partial charge in [-0.05, 0) is 36.9 Å². The van der Waals surface area contributed by atoms with E-state index in [4.69, 9.17) is 4.98 Å². The number of aromatic amines is 2. The zero-order chi connectivity index (χ0) is 21.7. The summed E-state index contributed by atoms with van der Waals surface area (Å²) in [6.45, 7) is 3.77. The summed E-state index contributed by atoms with van der Waals surface area (Å²) >= 11 is 0. The predicted octanol–water partition coefficient (Wildman–Crippen LogP) is 3.45. The third-order valence-corrected chi connectivity index (χ3v) is 6.03. The van der Waals surface area contributed by atoms with E-state index in [1.807, 2.05) is 24.3 Å². The van der Waals surface area contributed by atoms with E-state index in [2.05, 4.69) is 42.0 Å². The Morgan fingerprint density at radius 2 is 1.88 bits per heavy atom. The fourth-order valence-corrected chi connectivity index (χ4v) is 4.25. The number of halogens is 1. The fourth-order valence-electron chi connectivity index (χ4n) is 4.25. The number of anilines is 1. The van der Waals surface area contributed by atoms with Crippen molar-refractivity contribution in [2.75, 3.05) is 38.1 Å². The van der Waals surface area contributed by atoms with Crippen LogP contribution in [-0.4, -0.2) is 68.3 Å². The van der Waals surface area contributed by atoms with Gasteiger partial charge in [-0.15, -0.1) is 0 Å². The molecule has 4 aromatic heterocycles. The number of hydrogen-bond acceptors (Lipinski definition) is 6. The van der Waals surface area contributed by atoms with E-state index in [0.717, 1.165) is 54.2 Å². The molecule has 32 heavy (non-hydrogen) atoms. The lowest BCUT2D eigenvalue weighted by molar-refractivity contribution is 0.312. The molecule has 0 unspecified atom stereocenters. The van der Waals surface area contributed by atoms with Crippen molar-refractivity contribution in [1.82, 2.24) is 35.0 Å². The first-order chi connectivity index (χ1) is 15.7. The second kappa shape index (κ2) is 7.38. The van der Waals surface area contributed by atoms with Crippen LogP contribution in [0.15, 0.2) is 48.9 Å². The van der Waals surface area contributed by atoms with Crippen LogP contribution in [0.1, 0.15) is 0 Å². The van der Waals surface area contributed by atoms with Gasteiger partial charge in [0.1, 0.15) is 16.7 Å². The van der Waals surface area contributed by atoms with Crippen LogP contribution in [0.25, 0.3) is 44.6 Å². The van der Waals surface area contributed by atoms with Gasteiger partial charge in [-0.2, -0.15) is 5.10 Å². The Morgan fingerprint density at radius 3 is 2.69 bits per heavy atom. The highest BCUT2D eigenvalue weighted by Gasteiger charge is 2.21. The number of nitrogens with zero attached hydrogens (tertiary/aromatic N) is 6. The van der Waals surface area contributed by atoms with Crippen molar-refractivity contribution in [2.24, 2.45) is 0 Å². The Hall–Kier alpha value is -3.85. The van der Waals surface area contributed by atoms with Crippen LogP contribution in [-0.2, 0) is 0 Å². The molecule has 1 aromatic carbocycles. The molecule has 1 fully saturated rings. The summed E-state index contributed by atoms with van der Waals surface area (Å²) in [5.41, 5.74) is 4.19. The lowest BCUT2D eigenvalue weighted by atomic mass is 10.0. The molecule has 0 bridgehead atoms. The third kappa shape index (κ3) is 3.09. The number of piperazine rings is 1. The van der Waals surface area contributed by atoms with Gasteiger partial charge in [0.25, 0.3) is 0 Å². The largest absolute Gasteiger partial charge is 0.352 e. The number of benzene rings is 1. The van der Waals surface area contributed by atoms with E-state index in [-0.39, 0.29) is 11.3 Å². The minimum absolute atomic E-state index is 0.283. The van der Waals surface area contributed by atoms with Gasteiger partial charge in [0.15, 0.2) is 17.5 Å². The van der Waals surface area contributed by atoms with Crippen LogP contribution < -0.4 is 4.90 Å². The van der Waals surface area contributed by atoms with Gasteiger partial charge >= 0.3 is 0 Å². The van der Waals surface area contributed by atoms with Gasteiger partial charge in [0, 0.05) is 55.7 Å². The molecule has 0 atom stereocenters. The van der Waals surface area contributed by atoms with E-state index < -0.39 is 0 Å². The van der Waals surface area contributed by atoms with E-state index in [1.54, 1.807) is 18.6 Å². The number of H-pyrrole nitrogens is 2. The molecule has 5 aromatic rings. The maximum absolute atomic E-state index is 14.9. The normalized spacial score (nSPS) is 15.1. The van der Waals surface area contributed by atoms with E-state index in [1.165, 1.54) is 6.07 Å². The summed E-state index contributed by atoms with van der Waals surface area (Å²) in [5, 5.41) is 7.85. The molecule has 9 heteroatoms. The zero-order valence-corrected chi connectivity index (χ0v) is 17.5. The van der Waals surface area contributed by atoms with Crippen molar-refractivity contribution in [3.05, 3.63) is 54.7 Å². The smallest absolute Gasteiger partial charge is 0.157 e. The highest BCUT2D eigenvalue weighted by Crippen LogP contribution is 2.33. The van der Waals surface area contributed by atoms with Crippen LogP contribution in [0.5, 0.6) is 0 Å². The topological polar surface area (TPSA) is 89.6 Å². The molecule has 5 heterocycles. The molecule has 160 valence electrons. The fraction of sp³-hybridized carbons (Fsp3) is 0.217. The summed E-state index contributed by atoms with van der Waals surface area (Å²) in [4.78, 5) is 21.5. The molecule has 0 spiro atoms. The number of hydrogen-bond donors (Lipinski definition) is 2. The van der Waals surface area contributed by atoms with Gasteiger partial charge in [0.2, 0.25) is 0 Å². The summed E-state index contributed by atoms with van der Waals surface area (Å²) in [5.74, 6) is 1.08. The Bertz CT molecular complexity index is 1420. The minimum atomic E-state index is -0.389. The SMILES string of the molecule is CN1CCN(c2nccc3[nH]c(-c4[nH]nc5c(F)cc(-c6cccnc6)cc45)nc23)CC1. The molecule has 0 aliphatic carbocycles. The van der Waals surface area contributed by atoms with Crippen LogP contribution >= 0.6 is 0 Å². The first kappa shape index (κ1) is 18.9. The Labute approximate surface area is 183 Å². The first-order valence-electron chi connectivity index (χ1n) is 10.5. The summed E-state index contributed by atoms with van der Waals surface area (Å²) in [6, 6.07) is 9.05. The quantitative estimate of drug-likeness (QED) is 0.458. The molecule has 0 saturated carbocycles. The molecule has 8 nitrogen and oxygen atoms in total. The van der Waals surface area contributed by atoms with Gasteiger partial charge in [-0.25, -0.2) is 14.4 Å². The Kier molecular flexibility index (Phi) is 4.36. The zero-order valence-electron chi connectivity index (χ0n) is 17.5. The van der Waals surface area contributed by atoms with Crippen LogP contribution in [0, 0.1) is 5.82 Å². The number of pyridine rings is 2. The molecule has 0 amide bonds. The number of imidazole rings is 1. The second-order valence-electron chi connectivity index (χ2n) is 8.10. The first-order valence-corrected chi connectivity index (χ1v) is 10.5. The van der Waals surface area contributed by atoms with Crippen LogP contribution in [0.3, 0.4) is 0 Å². The highest BCUT2D eigenvalue weighted by atomic mass is 19.1. The van der Waals surface area contributed by atoms with Crippen LogP contribution in [0.4, 0.5) is 10.2 Å². The summed E-state index contributed by atoms with van der Waals surface area (Å²) < 4.78 is 14.9. The molecule has 1 aliphatic heterocycles. The Balaban J connectivity index is 1.47. The van der Waals surface area contributed by atoms with Crippen molar-refractivity contribution in [3.8, 4) is 22.6 Å². The molecular weight excluding hydrogens is 407 g/mol. The van der Waals surface area contributed by atoms with E-state index in [9.17, 15) is 4.39 Å². The number of likely N-dealkylation sites (N-methyl/N-ethyl adjacent to an activating group) is 1. The molecular formula is C23H21FN8. The van der Waals surface area contributed by atoms with Crippen molar-refractivity contribution in [3.63, 3.8) is 0 Å². The van der Waals surface area contributed by atoms with E-state index in [0.29, 0.717) is 16.9 Å². The second-order valence-corrected chi connectivity index (χ2v) is 8.10. The van der Waals surface area contributed by atoms with Crippen molar-refractivity contribution >= 4 is 27.8 Å². The molecule has 6 rings (SSSR count). The molecule has 1 aliphatic rings. The Morgan fingerprint density at radius 1 is 1.00 bits per heavy atom. The maximum atomic E-state index is 14.9. The van der Waals surface area contributed by atoms with Crippen molar-refractivity contribution in [1.29, 1.82) is 0 Å². The third-order valence-electron chi connectivity index (χ3n) is 6.03. The highest BCUT2D eigenvalue weighted by molar-refractivity contribution is 5.97. The van der Waals surface area contributed by atoms with E-state index >= 15 is 0 Å². The monoisotopic (exact) mass is 428 g/mol. The average Bonchev–Trinajstić information content (AvgIpc) is 3.44. The minimum Gasteiger partial charge on any atom is -0.352 e. The van der Waals surface area contributed by atoms with Gasteiger partial charge in [0.05, 0.1) is 5.52 Å². The van der Waals surface area contributed by atoms with Crippen LogP contribution in [0.2, 0.25) is 0 Å².